The largest absolute Gasteiger partial charge is 0.395 e. The number of benzene rings is 1. The molecule has 0 amide bonds. The molecule has 96 valence electrons. The molecule has 1 rings (SSSR count). The summed E-state index contributed by atoms with van der Waals surface area (Å²) in [4.78, 5) is -0.871. The number of nitrogens with one attached hydrogen (secondary N) is 1. The van der Waals surface area contributed by atoms with Crippen LogP contribution in [-0.4, -0.2) is 37.9 Å². The van der Waals surface area contributed by atoms with Crippen LogP contribution in [0, 0.1) is 11.6 Å². The number of hydrogen-bond acceptors (Lipinski definition) is 4. The molecular weight excluding hydrogens is 256 g/mol. The first-order valence-electron chi connectivity index (χ1n) is 4.60. The van der Waals surface area contributed by atoms with Crippen molar-refractivity contribution in [2.24, 2.45) is 0 Å². The average Bonchev–Trinajstić information content (AvgIpc) is 2.29. The first-order valence-corrected chi connectivity index (χ1v) is 6.08. The van der Waals surface area contributed by atoms with E-state index in [1.165, 1.54) is 0 Å². The molecule has 0 radical (unpaired) electrons. The minimum Gasteiger partial charge on any atom is -0.395 e. The molecule has 0 fully saturated rings. The maximum absolute atomic E-state index is 13.2. The Balaban J connectivity index is 3.09. The molecule has 5 nitrogen and oxygen atoms in total. The zero-order valence-electron chi connectivity index (χ0n) is 8.60. The summed E-state index contributed by atoms with van der Waals surface area (Å²) in [5, 5.41) is 17.4. The van der Waals surface area contributed by atoms with Gasteiger partial charge in [-0.1, -0.05) is 0 Å². The van der Waals surface area contributed by atoms with E-state index in [1.807, 2.05) is 4.72 Å². The molecule has 0 spiro atoms. The van der Waals surface area contributed by atoms with Gasteiger partial charge >= 0.3 is 0 Å². The fraction of sp³-hybridized carbons (Fsp3) is 0.333. The maximum atomic E-state index is 13.2. The maximum Gasteiger partial charge on any atom is 0.243 e. The lowest BCUT2D eigenvalue weighted by atomic mass is 10.3. The van der Waals surface area contributed by atoms with Crippen LogP contribution in [0.15, 0.2) is 23.1 Å². The van der Waals surface area contributed by atoms with Crippen LogP contribution in [0.1, 0.15) is 0 Å². The van der Waals surface area contributed by atoms with Crippen molar-refractivity contribution in [3.8, 4) is 0 Å². The normalized spacial score (nSPS) is 12.1. The second-order valence-corrected chi connectivity index (χ2v) is 4.94. The minimum absolute atomic E-state index is 0.517. The molecule has 0 saturated carbocycles. The van der Waals surface area contributed by atoms with Gasteiger partial charge in [-0.3, -0.25) is 0 Å². The Bertz CT molecular complexity index is 488. The van der Waals surface area contributed by atoms with Crippen LogP contribution < -0.4 is 4.72 Å². The molecule has 0 bridgehead atoms. The van der Waals surface area contributed by atoms with E-state index in [9.17, 15) is 17.2 Å². The molecule has 0 aromatic heterocycles. The molecule has 8 heteroatoms. The smallest absolute Gasteiger partial charge is 0.243 e. The van der Waals surface area contributed by atoms with E-state index in [0.717, 1.165) is 6.07 Å². The van der Waals surface area contributed by atoms with Gasteiger partial charge in [0.25, 0.3) is 0 Å². The zero-order chi connectivity index (χ0) is 13.1. The zero-order valence-corrected chi connectivity index (χ0v) is 9.42. The van der Waals surface area contributed by atoms with E-state index >= 15 is 0 Å². The second-order valence-electron chi connectivity index (χ2n) is 3.26. The topological polar surface area (TPSA) is 86.6 Å². The van der Waals surface area contributed by atoms with Crippen molar-refractivity contribution in [2.45, 2.75) is 10.9 Å². The van der Waals surface area contributed by atoms with Gasteiger partial charge in [-0.2, -0.15) is 0 Å². The Kier molecular flexibility index (Phi) is 4.52. The van der Waals surface area contributed by atoms with Crippen molar-refractivity contribution in [2.75, 3.05) is 13.2 Å². The van der Waals surface area contributed by atoms with Gasteiger partial charge in [-0.05, 0) is 18.2 Å². The van der Waals surface area contributed by atoms with Crippen molar-refractivity contribution in [1.82, 2.24) is 4.72 Å². The fourth-order valence-corrected chi connectivity index (χ4v) is 2.41. The van der Waals surface area contributed by atoms with Gasteiger partial charge in [-0.25, -0.2) is 21.9 Å². The molecular formula is C9H11F2NO4S. The van der Waals surface area contributed by atoms with Crippen LogP contribution in [0.4, 0.5) is 8.78 Å². The first-order chi connectivity index (χ1) is 7.90. The molecule has 0 unspecified atom stereocenters. The van der Waals surface area contributed by atoms with Gasteiger partial charge in [0, 0.05) is 0 Å². The van der Waals surface area contributed by atoms with Gasteiger partial charge in [0.05, 0.1) is 19.3 Å². The lowest BCUT2D eigenvalue weighted by Gasteiger charge is -2.14. The summed E-state index contributed by atoms with van der Waals surface area (Å²) in [5.41, 5.74) is 0. The number of aliphatic hydroxyl groups is 2. The summed E-state index contributed by atoms with van der Waals surface area (Å²) >= 11 is 0. The Morgan fingerprint density at radius 2 is 1.82 bits per heavy atom. The molecule has 0 aliphatic carbocycles. The lowest BCUT2D eigenvalue weighted by molar-refractivity contribution is 0.185. The summed E-state index contributed by atoms with van der Waals surface area (Å²) < 4.78 is 51.1. The fourth-order valence-electron chi connectivity index (χ4n) is 1.10. The summed E-state index contributed by atoms with van der Waals surface area (Å²) in [5.74, 6) is -2.02. The third kappa shape index (κ3) is 3.43. The highest BCUT2D eigenvalue weighted by Crippen LogP contribution is 2.15. The SMILES string of the molecule is O=S(=O)(NC(CO)CO)c1cc(F)ccc1F. The monoisotopic (exact) mass is 267 g/mol. The van der Waals surface area contributed by atoms with E-state index in [0.29, 0.717) is 12.1 Å². The van der Waals surface area contributed by atoms with Crippen molar-refractivity contribution < 1.29 is 27.4 Å². The van der Waals surface area contributed by atoms with Crippen molar-refractivity contribution in [3.05, 3.63) is 29.8 Å². The summed E-state index contributed by atoms with van der Waals surface area (Å²) in [6, 6.07) is 0.812. The highest BCUT2D eigenvalue weighted by Gasteiger charge is 2.23. The summed E-state index contributed by atoms with van der Waals surface area (Å²) in [6.07, 6.45) is 0. The van der Waals surface area contributed by atoms with Crippen molar-refractivity contribution in [1.29, 1.82) is 0 Å². The molecule has 17 heavy (non-hydrogen) atoms. The summed E-state index contributed by atoms with van der Waals surface area (Å²) in [6.45, 7) is -1.32. The highest BCUT2D eigenvalue weighted by atomic mass is 32.2. The Morgan fingerprint density at radius 3 is 2.35 bits per heavy atom. The number of sulfonamides is 1. The van der Waals surface area contributed by atoms with Crippen LogP contribution in [0.5, 0.6) is 0 Å². The van der Waals surface area contributed by atoms with Crippen molar-refractivity contribution >= 4 is 10.0 Å². The Morgan fingerprint density at radius 1 is 1.24 bits per heavy atom. The van der Waals surface area contributed by atoms with E-state index in [2.05, 4.69) is 0 Å². The first kappa shape index (κ1) is 14.0. The number of rotatable bonds is 5. The van der Waals surface area contributed by atoms with Crippen LogP contribution >= 0.6 is 0 Å². The van der Waals surface area contributed by atoms with E-state index < -0.39 is 45.8 Å². The quantitative estimate of drug-likeness (QED) is 0.677. The van der Waals surface area contributed by atoms with Gasteiger partial charge in [0.15, 0.2) is 0 Å². The van der Waals surface area contributed by atoms with Gasteiger partial charge in [-0.15, -0.1) is 0 Å². The molecule has 1 aromatic rings. The van der Waals surface area contributed by atoms with Crippen molar-refractivity contribution in [3.63, 3.8) is 0 Å². The third-order valence-corrected chi connectivity index (χ3v) is 3.48. The van der Waals surface area contributed by atoms with Gasteiger partial charge in [0.1, 0.15) is 16.5 Å². The van der Waals surface area contributed by atoms with Crippen LogP contribution in [0.25, 0.3) is 0 Å². The van der Waals surface area contributed by atoms with Gasteiger partial charge in [0.2, 0.25) is 10.0 Å². The number of halogens is 2. The van der Waals surface area contributed by atoms with E-state index in [4.69, 9.17) is 10.2 Å². The Hall–Kier alpha value is -1.09. The third-order valence-electron chi connectivity index (χ3n) is 1.95. The standard InChI is InChI=1S/C9H11F2NO4S/c10-6-1-2-8(11)9(3-6)17(15,16)12-7(4-13)5-14/h1-3,7,12-14H,4-5H2. The van der Waals surface area contributed by atoms with E-state index in [-0.39, 0.29) is 0 Å². The molecule has 0 aliphatic rings. The summed E-state index contributed by atoms with van der Waals surface area (Å²) in [7, 11) is -4.32. The molecule has 0 aliphatic heterocycles. The van der Waals surface area contributed by atoms with Crippen LogP contribution in [0.3, 0.4) is 0 Å². The second kappa shape index (κ2) is 5.50. The number of hydrogen-bond donors (Lipinski definition) is 3. The van der Waals surface area contributed by atoms with E-state index in [1.54, 1.807) is 0 Å². The number of aliphatic hydroxyl groups excluding tert-OH is 2. The molecule has 3 N–H and O–H groups in total. The van der Waals surface area contributed by atoms with Crippen LogP contribution in [-0.2, 0) is 10.0 Å². The lowest BCUT2D eigenvalue weighted by Crippen LogP contribution is -2.40. The molecule has 0 saturated heterocycles. The predicted molar refractivity (Wildman–Crippen MR) is 54.6 cm³/mol. The molecule has 0 heterocycles. The molecule has 1 aromatic carbocycles. The Labute approximate surface area is 96.8 Å². The predicted octanol–water partition coefficient (Wildman–Crippen LogP) is -0.404. The minimum atomic E-state index is -4.32. The molecule has 0 atom stereocenters. The van der Waals surface area contributed by atoms with Crippen LogP contribution in [0.2, 0.25) is 0 Å². The highest BCUT2D eigenvalue weighted by molar-refractivity contribution is 7.89. The van der Waals surface area contributed by atoms with Gasteiger partial charge < -0.3 is 10.2 Å². The average molecular weight is 267 g/mol.